The van der Waals surface area contributed by atoms with Gasteiger partial charge in [-0.25, -0.2) is 0 Å². The van der Waals surface area contributed by atoms with Gasteiger partial charge in [0.1, 0.15) is 12.4 Å². The van der Waals surface area contributed by atoms with E-state index in [0.717, 1.165) is 35.5 Å². The number of aromatic nitrogens is 2. The van der Waals surface area contributed by atoms with Gasteiger partial charge in [-0.15, -0.1) is 0 Å². The van der Waals surface area contributed by atoms with Crippen LogP contribution in [0.3, 0.4) is 0 Å². The molecule has 0 atom stereocenters. The second kappa shape index (κ2) is 5.36. The third-order valence-electron chi connectivity index (χ3n) is 3.39. The third kappa shape index (κ3) is 2.66. The van der Waals surface area contributed by atoms with Crippen molar-refractivity contribution in [1.82, 2.24) is 9.78 Å². The molecule has 5 heteroatoms. The second-order valence-corrected chi connectivity index (χ2v) is 4.86. The van der Waals surface area contributed by atoms with Gasteiger partial charge < -0.3 is 10.1 Å². The van der Waals surface area contributed by atoms with E-state index < -0.39 is 0 Å². The summed E-state index contributed by atoms with van der Waals surface area (Å²) < 4.78 is 7.61. The fourth-order valence-corrected chi connectivity index (χ4v) is 2.26. The number of aryl methyl sites for hydroxylation is 2. The topological polar surface area (TPSA) is 56.1 Å². The summed E-state index contributed by atoms with van der Waals surface area (Å²) in [6.45, 7) is 3.38. The van der Waals surface area contributed by atoms with Gasteiger partial charge in [-0.3, -0.25) is 9.48 Å². The highest BCUT2D eigenvalue weighted by atomic mass is 16.5. The largest absolute Gasteiger partial charge is 0.489 e. The number of hydrogen-bond donors (Lipinski definition) is 1. The zero-order valence-electron chi connectivity index (χ0n) is 11.4. The Balaban J connectivity index is 1.68. The third-order valence-corrected chi connectivity index (χ3v) is 3.39. The van der Waals surface area contributed by atoms with Gasteiger partial charge in [0.2, 0.25) is 5.91 Å². The lowest BCUT2D eigenvalue weighted by Gasteiger charge is -2.17. The Labute approximate surface area is 117 Å². The van der Waals surface area contributed by atoms with Crippen LogP contribution in [0.25, 0.3) is 0 Å². The van der Waals surface area contributed by atoms with Crippen LogP contribution in [0.1, 0.15) is 24.5 Å². The predicted molar refractivity (Wildman–Crippen MR) is 75.6 cm³/mol. The summed E-state index contributed by atoms with van der Waals surface area (Å²) >= 11 is 0. The van der Waals surface area contributed by atoms with Crippen LogP contribution in [0.15, 0.2) is 30.6 Å². The lowest BCUT2D eigenvalue weighted by atomic mass is 10.0. The lowest BCUT2D eigenvalue weighted by molar-refractivity contribution is -0.116. The van der Waals surface area contributed by atoms with Crippen LogP contribution in [0, 0.1) is 0 Å². The molecule has 2 heterocycles. The molecule has 1 N–H and O–H groups in total. The van der Waals surface area contributed by atoms with E-state index in [2.05, 4.69) is 10.4 Å². The first-order valence-corrected chi connectivity index (χ1v) is 6.81. The van der Waals surface area contributed by atoms with Crippen LogP contribution in [0.2, 0.25) is 0 Å². The average molecular weight is 271 g/mol. The Bertz CT molecular complexity index is 634. The van der Waals surface area contributed by atoms with Gasteiger partial charge in [-0.05, 0) is 25.0 Å². The maximum atomic E-state index is 11.4. The summed E-state index contributed by atoms with van der Waals surface area (Å²) in [4.78, 5) is 11.4. The summed E-state index contributed by atoms with van der Waals surface area (Å²) in [7, 11) is 0. The summed E-state index contributed by atoms with van der Waals surface area (Å²) in [5.41, 5.74) is 3.06. The molecule has 0 saturated carbocycles. The van der Waals surface area contributed by atoms with Crippen LogP contribution >= 0.6 is 0 Å². The molecule has 104 valence electrons. The normalized spacial score (nSPS) is 13.8. The second-order valence-electron chi connectivity index (χ2n) is 4.86. The molecule has 1 aromatic heterocycles. The molecule has 20 heavy (non-hydrogen) atoms. The highest BCUT2D eigenvalue weighted by Gasteiger charge is 2.15. The predicted octanol–water partition coefficient (Wildman–Crippen LogP) is 2.37. The quantitative estimate of drug-likeness (QED) is 0.928. The van der Waals surface area contributed by atoms with Crippen LogP contribution in [0.5, 0.6) is 5.75 Å². The molecule has 1 amide bonds. The van der Waals surface area contributed by atoms with Crippen molar-refractivity contribution in [2.45, 2.75) is 32.9 Å². The van der Waals surface area contributed by atoms with Crippen molar-refractivity contribution >= 4 is 11.6 Å². The summed E-state index contributed by atoms with van der Waals surface area (Å²) in [5, 5.41) is 7.08. The van der Waals surface area contributed by atoms with E-state index in [4.69, 9.17) is 4.74 Å². The maximum absolute atomic E-state index is 11.4. The molecule has 0 aliphatic carbocycles. The molecular formula is C15H17N3O2. The average Bonchev–Trinajstić information content (AvgIpc) is 2.92. The first kappa shape index (κ1) is 12.7. The van der Waals surface area contributed by atoms with Gasteiger partial charge in [0.05, 0.1) is 6.20 Å². The van der Waals surface area contributed by atoms with E-state index >= 15 is 0 Å². The van der Waals surface area contributed by atoms with E-state index in [-0.39, 0.29) is 5.91 Å². The van der Waals surface area contributed by atoms with Crippen LogP contribution < -0.4 is 10.1 Å². The SMILES string of the molecule is CCn1cc(COc2ccc3c(c2)NC(=O)CC3)cn1. The van der Waals surface area contributed by atoms with Gasteiger partial charge in [-0.2, -0.15) is 5.10 Å². The number of ether oxygens (including phenoxy) is 1. The highest BCUT2D eigenvalue weighted by molar-refractivity contribution is 5.94. The fraction of sp³-hybridized carbons (Fsp3) is 0.333. The standard InChI is InChI=1S/C15H17N3O2/c1-2-18-9-11(8-16-18)10-20-13-5-3-12-4-6-15(19)17-14(12)7-13/h3,5,7-9H,2,4,6,10H2,1H3,(H,17,19). The van der Waals surface area contributed by atoms with E-state index in [1.807, 2.05) is 42.2 Å². The van der Waals surface area contributed by atoms with E-state index in [9.17, 15) is 4.79 Å². The molecule has 0 radical (unpaired) electrons. The van der Waals surface area contributed by atoms with E-state index in [1.54, 1.807) is 0 Å². The molecule has 5 nitrogen and oxygen atoms in total. The zero-order valence-corrected chi connectivity index (χ0v) is 11.4. The van der Waals surface area contributed by atoms with Gasteiger partial charge in [0.15, 0.2) is 0 Å². The Hall–Kier alpha value is -2.30. The summed E-state index contributed by atoms with van der Waals surface area (Å²) in [6.07, 6.45) is 5.14. The van der Waals surface area contributed by atoms with Crippen molar-refractivity contribution in [2.75, 3.05) is 5.32 Å². The number of hydrogen-bond acceptors (Lipinski definition) is 3. The minimum Gasteiger partial charge on any atom is -0.489 e. The van der Waals surface area contributed by atoms with Crippen molar-refractivity contribution in [1.29, 1.82) is 0 Å². The van der Waals surface area contributed by atoms with Crippen molar-refractivity contribution in [2.24, 2.45) is 0 Å². The minimum atomic E-state index is 0.0684. The smallest absolute Gasteiger partial charge is 0.224 e. The molecular weight excluding hydrogens is 254 g/mol. The first-order chi connectivity index (χ1) is 9.74. The number of carbonyl (C=O) groups excluding carboxylic acids is 1. The molecule has 0 saturated heterocycles. The molecule has 0 fully saturated rings. The van der Waals surface area contributed by atoms with Crippen LogP contribution in [0.4, 0.5) is 5.69 Å². The first-order valence-electron chi connectivity index (χ1n) is 6.81. The summed E-state index contributed by atoms with van der Waals surface area (Å²) in [5.74, 6) is 0.828. The minimum absolute atomic E-state index is 0.0684. The molecule has 0 bridgehead atoms. The Morgan fingerprint density at radius 3 is 3.10 bits per heavy atom. The highest BCUT2D eigenvalue weighted by Crippen LogP contribution is 2.27. The van der Waals surface area contributed by atoms with Crippen molar-refractivity contribution in [3.8, 4) is 5.75 Å². The van der Waals surface area contributed by atoms with Crippen LogP contribution in [-0.2, 0) is 24.4 Å². The van der Waals surface area contributed by atoms with E-state index in [0.29, 0.717) is 13.0 Å². The van der Waals surface area contributed by atoms with Crippen LogP contribution in [-0.4, -0.2) is 15.7 Å². The zero-order chi connectivity index (χ0) is 13.9. The van der Waals surface area contributed by atoms with Gasteiger partial charge in [0, 0.05) is 36.5 Å². The van der Waals surface area contributed by atoms with E-state index in [1.165, 1.54) is 0 Å². The number of amides is 1. The molecule has 1 aromatic carbocycles. The maximum Gasteiger partial charge on any atom is 0.224 e. The van der Waals surface area contributed by atoms with Gasteiger partial charge >= 0.3 is 0 Å². The lowest BCUT2D eigenvalue weighted by Crippen LogP contribution is -2.18. The number of nitrogens with zero attached hydrogens (tertiary/aromatic N) is 2. The monoisotopic (exact) mass is 271 g/mol. The fourth-order valence-electron chi connectivity index (χ4n) is 2.26. The molecule has 2 aromatic rings. The summed E-state index contributed by atoms with van der Waals surface area (Å²) in [6, 6.07) is 5.84. The molecule has 0 unspecified atom stereocenters. The molecule has 1 aliphatic rings. The molecule has 3 rings (SSSR count). The number of anilines is 1. The molecule has 1 aliphatic heterocycles. The number of benzene rings is 1. The van der Waals surface area contributed by atoms with Gasteiger partial charge in [0.25, 0.3) is 0 Å². The number of carbonyl (C=O) groups is 1. The van der Waals surface area contributed by atoms with Crippen molar-refractivity contribution in [3.63, 3.8) is 0 Å². The Morgan fingerprint density at radius 1 is 1.40 bits per heavy atom. The Morgan fingerprint density at radius 2 is 2.30 bits per heavy atom. The van der Waals surface area contributed by atoms with Crippen molar-refractivity contribution < 1.29 is 9.53 Å². The number of nitrogens with one attached hydrogen (secondary N) is 1. The number of rotatable bonds is 4. The molecule has 0 spiro atoms. The van der Waals surface area contributed by atoms with Gasteiger partial charge in [-0.1, -0.05) is 6.07 Å². The Kier molecular flexibility index (Phi) is 3.41. The number of fused-ring (bicyclic) bond motifs is 1. The van der Waals surface area contributed by atoms with Crippen molar-refractivity contribution in [3.05, 3.63) is 41.7 Å².